The topological polar surface area (TPSA) is 112 Å². The molecule has 4 rings (SSSR count). The Kier molecular flexibility index (Phi) is 4.25. The van der Waals surface area contributed by atoms with Crippen molar-refractivity contribution in [1.82, 2.24) is 24.6 Å². The molecule has 1 N–H and O–H groups in total. The lowest BCUT2D eigenvalue weighted by molar-refractivity contribution is 0.102. The third-order valence-corrected chi connectivity index (χ3v) is 5.93. The number of aromatic nitrogens is 4. The predicted molar refractivity (Wildman–Crippen MR) is 91.8 cm³/mol. The van der Waals surface area contributed by atoms with E-state index in [0.717, 1.165) is 5.56 Å². The fourth-order valence-corrected chi connectivity index (χ4v) is 4.40. The second-order valence-electron chi connectivity index (χ2n) is 6.26. The van der Waals surface area contributed by atoms with Crippen LogP contribution in [0.15, 0.2) is 34.1 Å². The zero-order chi connectivity index (χ0) is 18.3. The van der Waals surface area contributed by atoms with E-state index in [-0.39, 0.29) is 17.0 Å². The van der Waals surface area contributed by atoms with E-state index in [1.807, 2.05) is 20.2 Å². The molecule has 26 heavy (non-hydrogen) atoms. The van der Waals surface area contributed by atoms with Gasteiger partial charge in [-0.25, -0.2) is 18.1 Å². The summed E-state index contributed by atoms with van der Waals surface area (Å²) in [4.78, 5) is 4.16. The average molecular weight is 377 g/mol. The summed E-state index contributed by atoms with van der Waals surface area (Å²) < 4.78 is 41.0. The van der Waals surface area contributed by atoms with E-state index in [9.17, 15) is 8.42 Å². The fourth-order valence-electron chi connectivity index (χ4n) is 3.16. The van der Waals surface area contributed by atoms with E-state index in [4.69, 9.17) is 9.26 Å². The van der Waals surface area contributed by atoms with Gasteiger partial charge >= 0.3 is 0 Å². The molecule has 1 aliphatic rings. The zero-order valence-corrected chi connectivity index (χ0v) is 15.2. The number of sulfonamides is 1. The number of rotatable bonds is 5. The highest BCUT2D eigenvalue weighted by Gasteiger charge is 2.34. The number of hydrogen-bond acceptors (Lipinski definition) is 7. The number of ether oxygens (including phenoxy) is 1. The highest BCUT2D eigenvalue weighted by Crippen LogP contribution is 2.30. The molecule has 3 aromatic rings. The SMILES string of the molecule is CCc1noc2ncc(S(=O)(=O)N[C@H]3CCO[C@@H]3c3cnn(C)c3)cc12. The molecule has 0 spiro atoms. The Hall–Kier alpha value is -2.30. The molecule has 0 amide bonds. The third-order valence-electron chi connectivity index (χ3n) is 4.48. The summed E-state index contributed by atoms with van der Waals surface area (Å²) in [7, 11) is -1.95. The van der Waals surface area contributed by atoms with Gasteiger partial charge in [-0.3, -0.25) is 4.68 Å². The van der Waals surface area contributed by atoms with Gasteiger partial charge in [-0.1, -0.05) is 12.1 Å². The van der Waals surface area contributed by atoms with Crippen LogP contribution in [-0.4, -0.2) is 41.0 Å². The average Bonchev–Trinajstić information content (AvgIpc) is 3.33. The maximum Gasteiger partial charge on any atom is 0.258 e. The zero-order valence-electron chi connectivity index (χ0n) is 14.4. The van der Waals surface area contributed by atoms with E-state index < -0.39 is 10.0 Å². The summed E-state index contributed by atoms with van der Waals surface area (Å²) >= 11 is 0. The molecule has 0 saturated carbocycles. The van der Waals surface area contributed by atoms with Crippen LogP contribution in [0.2, 0.25) is 0 Å². The van der Waals surface area contributed by atoms with Crippen LogP contribution < -0.4 is 4.72 Å². The maximum absolute atomic E-state index is 12.9. The molecule has 138 valence electrons. The first-order valence-electron chi connectivity index (χ1n) is 8.34. The lowest BCUT2D eigenvalue weighted by Crippen LogP contribution is -2.36. The van der Waals surface area contributed by atoms with Crippen molar-refractivity contribution in [2.75, 3.05) is 6.61 Å². The van der Waals surface area contributed by atoms with Crippen LogP contribution in [0, 0.1) is 0 Å². The van der Waals surface area contributed by atoms with Gasteiger partial charge in [0.25, 0.3) is 5.71 Å². The highest BCUT2D eigenvalue weighted by atomic mass is 32.2. The van der Waals surface area contributed by atoms with Gasteiger partial charge in [-0.2, -0.15) is 5.10 Å². The maximum atomic E-state index is 12.9. The molecule has 1 saturated heterocycles. The van der Waals surface area contributed by atoms with E-state index in [1.54, 1.807) is 16.9 Å². The lowest BCUT2D eigenvalue weighted by atomic mass is 10.1. The van der Waals surface area contributed by atoms with Gasteiger partial charge in [0.05, 0.1) is 29.5 Å². The molecule has 0 aliphatic carbocycles. The van der Waals surface area contributed by atoms with Crippen LogP contribution in [0.5, 0.6) is 0 Å². The summed E-state index contributed by atoms with van der Waals surface area (Å²) in [5.74, 6) is 0. The molecule has 2 atom stereocenters. The van der Waals surface area contributed by atoms with Crippen LogP contribution >= 0.6 is 0 Å². The Morgan fingerprint density at radius 1 is 1.38 bits per heavy atom. The van der Waals surface area contributed by atoms with E-state index in [1.165, 1.54) is 6.20 Å². The first-order chi connectivity index (χ1) is 12.5. The van der Waals surface area contributed by atoms with Crippen molar-refractivity contribution in [3.63, 3.8) is 0 Å². The van der Waals surface area contributed by atoms with Crippen molar-refractivity contribution in [2.45, 2.75) is 36.8 Å². The van der Waals surface area contributed by atoms with Crippen molar-refractivity contribution in [1.29, 1.82) is 0 Å². The predicted octanol–water partition coefficient (Wildman–Crippen LogP) is 1.33. The highest BCUT2D eigenvalue weighted by molar-refractivity contribution is 7.89. The number of fused-ring (bicyclic) bond motifs is 1. The van der Waals surface area contributed by atoms with Gasteiger partial charge in [-0.05, 0) is 18.9 Å². The van der Waals surface area contributed by atoms with Crippen LogP contribution in [-0.2, 0) is 28.2 Å². The molecular formula is C16H19N5O4S. The van der Waals surface area contributed by atoms with E-state index in [0.29, 0.717) is 36.2 Å². The van der Waals surface area contributed by atoms with Crippen molar-refractivity contribution < 1.29 is 17.7 Å². The van der Waals surface area contributed by atoms with Gasteiger partial charge in [0.2, 0.25) is 10.0 Å². The molecule has 1 aliphatic heterocycles. The van der Waals surface area contributed by atoms with E-state index >= 15 is 0 Å². The summed E-state index contributed by atoms with van der Waals surface area (Å²) in [5, 5.41) is 8.65. The Morgan fingerprint density at radius 2 is 2.23 bits per heavy atom. The van der Waals surface area contributed by atoms with Crippen LogP contribution in [0.3, 0.4) is 0 Å². The molecule has 9 nitrogen and oxygen atoms in total. The first kappa shape index (κ1) is 17.1. The minimum absolute atomic E-state index is 0.0831. The van der Waals surface area contributed by atoms with Gasteiger partial charge in [-0.15, -0.1) is 0 Å². The normalized spacial score (nSPS) is 20.8. The number of aryl methyl sites for hydroxylation is 2. The fraction of sp³-hybridized carbons (Fsp3) is 0.438. The second-order valence-corrected chi connectivity index (χ2v) is 7.98. The molecule has 0 unspecified atom stereocenters. The molecule has 10 heteroatoms. The van der Waals surface area contributed by atoms with Crippen LogP contribution in [0.1, 0.15) is 30.7 Å². The quantitative estimate of drug-likeness (QED) is 0.714. The van der Waals surface area contributed by atoms with Crippen molar-refractivity contribution in [3.8, 4) is 0 Å². The standard InChI is InChI=1S/C16H19N5O4S/c1-3-13-12-6-11(8-17-16(12)25-19-13)26(22,23)20-14-4-5-24-15(14)10-7-18-21(2)9-10/h6-9,14-15,20H,3-5H2,1-2H3/t14-,15+/m0/s1. The molecule has 0 radical (unpaired) electrons. The van der Waals surface area contributed by atoms with Gasteiger partial charge in [0.1, 0.15) is 11.0 Å². The molecule has 4 heterocycles. The molecule has 0 bridgehead atoms. The van der Waals surface area contributed by atoms with Gasteiger partial charge in [0.15, 0.2) is 0 Å². The smallest absolute Gasteiger partial charge is 0.258 e. The Balaban J connectivity index is 1.62. The minimum atomic E-state index is -3.76. The summed E-state index contributed by atoms with van der Waals surface area (Å²) in [6.07, 6.45) is 5.65. The van der Waals surface area contributed by atoms with Crippen LogP contribution in [0.4, 0.5) is 0 Å². The van der Waals surface area contributed by atoms with Gasteiger partial charge < -0.3 is 9.26 Å². The monoisotopic (exact) mass is 377 g/mol. The van der Waals surface area contributed by atoms with E-state index in [2.05, 4.69) is 20.0 Å². The second kappa shape index (κ2) is 6.45. The first-order valence-corrected chi connectivity index (χ1v) is 9.83. The molecule has 3 aromatic heterocycles. The van der Waals surface area contributed by atoms with Crippen molar-refractivity contribution in [3.05, 3.63) is 35.9 Å². The number of nitrogens with zero attached hydrogens (tertiary/aromatic N) is 4. The summed E-state index contributed by atoms with van der Waals surface area (Å²) in [5.41, 5.74) is 1.86. The van der Waals surface area contributed by atoms with Crippen molar-refractivity contribution in [2.24, 2.45) is 7.05 Å². The summed E-state index contributed by atoms with van der Waals surface area (Å²) in [6.45, 7) is 2.40. The Morgan fingerprint density at radius 3 is 2.96 bits per heavy atom. The largest absolute Gasteiger partial charge is 0.372 e. The lowest BCUT2D eigenvalue weighted by Gasteiger charge is -2.18. The van der Waals surface area contributed by atoms with Crippen molar-refractivity contribution >= 4 is 21.1 Å². The Bertz CT molecular complexity index is 1040. The van der Waals surface area contributed by atoms with Gasteiger partial charge in [0, 0.05) is 25.4 Å². The Labute approximate surface area is 150 Å². The molecule has 1 fully saturated rings. The molecule has 0 aromatic carbocycles. The van der Waals surface area contributed by atoms with Crippen LogP contribution in [0.25, 0.3) is 11.1 Å². The number of nitrogens with one attached hydrogen (secondary N) is 1. The minimum Gasteiger partial charge on any atom is -0.372 e. The third kappa shape index (κ3) is 3.00. The molecular weight excluding hydrogens is 358 g/mol. The number of hydrogen-bond donors (Lipinski definition) is 1. The summed E-state index contributed by atoms with van der Waals surface area (Å²) in [6, 6.07) is 1.18. The number of pyridine rings is 1.